The van der Waals surface area contributed by atoms with Crippen LogP contribution in [0.2, 0.25) is 0 Å². The molecule has 6 heterocycles. The Bertz CT molecular complexity index is 5670. The fourth-order valence-electron chi connectivity index (χ4n) is 13.8. The van der Waals surface area contributed by atoms with Crippen LogP contribution in [0, 0.1) is 6.92 Å². The molecule has 0 amide bonds. The number of hydrogen-bond acceptors (Lipinski definition) is 3. The minimum absolute atomic E-state index is 0.537. The van der Waals surface area contributed by atoms with Crippen LogP contribution in [0.25, 0.3) is 161 Å². The molecule has 392 valence electrons. The highest BCUT2D eigenvalue weighted by molar-refractivity contribution is 6.26. The van der Waals surface area contributed by atoms with E-state index in [0.717, 1.165) is 94.3 Å². The van der Waals surface area contributed by atoms with Crippen LogP contribution in [0.4, 0.5) is 0 Å². The van der Waals surface area contributed by atoms with Crippen molar-refractivity contribution in [1.29, 1.82) is 0 Å². The number of aromatic nitrogens is 8. The molecule has 0 aliphatic carbocycles. The van der Waals surface area contributed by atoms with Crippen molar-refractivity contribution >= 4 is 109 Å². The predicted octanol–water partition coefficient (Wildman–Crippen LogP) is 19.0. The Morgan fingerprint density at radius 3 is 0.976 bits per heavy atom. The van der Waals surface area contributed by atoms with Gasteiger partial charge in [0.1, 0.15) is 0 Å². The first-order valence-electron chi connectivity index (χ1n) is 28.6. The lowest BCUT2D eigenvalue weighted by atomic mass is 10.1. The average molecular weight is 1070 g/mol. The van der Waals surface area contributed by atoms with Crippen molar-refractivity contribution in [2.45, 2.75) is 6.92 Å². The van der Waals surface area contributed by atoms with E-state index < -0.39 is 0 Å². The van der Waals surface area contributed by atoms with Gasteiger partial charge in [-0.25, -0.2) is 4.98 Å². The van der Waals surface area contributed by atoms with E-state index >= 15 is 0 Å². The molecular weight excluding hydrogens is 1020 g/mol. The van der Waals surface area contributed by atoms with E-state index in [0.29, 0.717) is 17.6 Å². The molecule has 0 radical (unpaired) electrons. The van der Waals surface area contributed by atoms with Gasteiger partial charge in [0.25, 0.3) is 0 Å². The fourth-order valence-corrected chi connectivity index (χ4v) is 13.8. The number of para-hydroxylation sites is 5. The van der Waals surface area contributed by atoms with Crippen molar-refractivity contribution < 1.29 is 0 Å². The second kappa shape index (κ2) is 17.8. The summed E-state index contributed by atoms with van der Waals surface area (Å²) in [5.41, 5.74) is 18.5. The van der Waals surface area contributed by atoms with Crippen LogP contribution in [0.3, 0.4) is 0 Å². The number of rotatable bonds is 7. The van der Waals surface area contributed by atoms with Crippen LogP contribution in [-0.4, -0.2) is 37.8 Å². The van der Waals surface area contributed by atoms with Gasteiger partial charge in [-0.1, -0.05) is 188 Å². The largest absolute Gasteiger partial charge is 0.307 e. The summed E-state index contributed by atoms with van der Waals surface area (Å²) < 4.78 is 12.2. The molecule has 0 spiro atoms. The third-order valence-corrected chi connectivity index (χ3v) is 17.4. The van der Waals surface area contributed by atoms with Gasteiger partial charge >= 0.3 is 0 Å². The topological polar surface area (TPSA) is 63.3 Å². The summed E-state index contributed by atoms with van der Waals surface area (Å²) in [6, 6.07) is 98.7. The molecule has 0 fully saturated rings. The van der Waals surface area contributed by atoms with Gasteiger partial charge in [0, 0.05) is 87.7 Å². The van der Waals surface area contributed by atoms with Gasteiger partial charge in [0.2, 0.25) is 5.95 Å². The second-order valence-corrected chi connectivity index (χ2v) is 22.1. The van der Waals surface area contributed by atoms with E-state index in [1.165, 1.54) is 54.2 Å². The van der Waals surface area contributed by atoms with Crippen LogP contribution in [0.15, 0.2) is 273 Å². The monoisotopic (exact) mass is 1070 g/mol. The van der Waals surface area contributed by atoms with Gasteiger partial charge < -0.3 is 18.3 Å². The van der Waals surface area contributed by atoms with E-state index in [1.807, 2.05) is 36.4 Å². The van der Waals surface area contributed by atoms with E-state index in [9.17, 15) is 0 Å². The maximum atomic E-state index is 5.40. The first-order chi connectivity index (χ1) is 41.6. The Hall–Kier alpha value is -11.4. The van der Waals surface area contributed by atoms with Crippen molar-refractivity contribution in [3.8, 4) is 51.5 Å². The number of nitrogens with zero attached hydrogens (tertiary/aromatic N) is 8. The molecule has 0 saturated carbocycles. The molecule has 0 unspecified atom stereocenters. The van der Waals surface area contributed by atoms with Crippen LogP contribution < -0.4 is 0 Å². The van der Waals surface area contributed by atoms with Crippen LogP contribution in [0.1, 0.15) is 5.56 Å². The standard InChI is InChI=1S/C76H48N8/c1-47-34-41-67-61(44-47)60-40-39-59-56-30-16-19-33-66(56)83(72(59)73(60)81(67)51-26-12-5-13-27-51)53-36-43-69-63(46-53)62-45-52(35-42-68(62)84(69)76-78-74(48-20-6-2-7-21-48)77-75(79-76)49-22-8-3-9-23-49)82-65-32-18-15-29-55(65)58-38-37-57-54-28-14-17-31-64(54)80(70(57)71(58)82)50-24-10-4-11-25-50/h2-46H,1H3. The molecule has 0 aliphatic rings. The molecule has 0 N–H and O–H groups in total. The van der Waals surface area contributed by atoms with Gasteiger partial charge in [-0.05, 0) is 97.9 Å². The Balaban J connectivity index is 0.974. The summed E-state index contributed by atoms with van der Waals surface area (Å²) in [5.74, 6) is 1.74. The summed E-state index contributed by atoms with van der Waals surface area (Å²) in [4.78, 5) is 15.9. The second-order valence-electron chi connectivity index (χ2n) is 22.1. The number of fused-ring (bicyclic) bond motifs is 17. The van der Waals surface area contributed by atoms with Gasteiger partial charge in [-0.2, -0.15) is 9.97 Å². The van der Waals surface area contributed by atoms with Crippen LogP contribution in [0.5, 0.6) is 0 Å². The molecule has 12 aromatic carbocycles. The van der Waals surface area contributed by atoms with Crippen molar-refractivity contribution in [3.63, 3.8) is 0 Å². The zero-order valence-corrected chi connectivity index (χ0v) is 45.6. The number of hydrogen-bond donors (Lipinski definition) is 0. The highest BCUT2D eigenvalue weighted by Crippen LogP contribution is 2.46. The minimum Gasteiger partial charge on any atom is -0.307 e. The van der Waals surface area contributed by atoms with E-state index in [-0.39, 0.29) is 0 Å². The summed E-state index contributed by atoms with van der Waals surface area (Å²) in [6.07, 6.45) is 0. The molecule has 0 saturated heterocycles. The van der Waals surface area contributed by atoms with E-state index in [2.05, 4.69) is 266 Å². The maximum Gasteiger partial charge on any atom is 0.238 e. The van der Waals surface area contributed by atoms with Crippen molar-refractivity contribution in [2.24, 2.45) is 0 Å². The van der Waals surface area contributed by atoms with Crippen LogP contribution in [-0.2, 0) is 0 Å². The molecule has 8 nitrogen and oxygen atoms in total. The zero-order chi connectivity index (χ0) is 55.1. The lowest BCUT2D eigenvalue weighted by Gasteiger charge is -2.13. The fraction of sp³-hybridized carbons (Fsp3) is 0.0132. The molecule has 8 heteroatoms. The predicted molar refractivity (Wildman–Crippen MR) is 347 cm³/mol. The molecular formula is C76H48N8. The van der Waals surface area contributed by atoms with Crippen molar-refractivity contribution in [1.82, 2.24) is 37.8 Å². The lowest BCUT2D eigenvalue weighted by Crippen LogP contribution is -2.06. The summed E-state index contributed by atoms with van der Waals surface area (Å²) in [7, 11) is 0. The molecule has 0 bridgehead atoms. The van der Waals surface area contributed by atoms with Gasteiger partial charge in [0.15, 0.2) is 11.6 Å². The van der Waals surface area contributed by atoms with E-state index in [4.69, 9.17) is 15.0 Å². The third-order valence-electron chi connectivity index (χ3n) is 17.4. The number of aryl methyl sites for hydroxylation is 1. The molecule has 0 aliphatic heterocycles. The smallest absolute Gasteiger partial charge is 0.238 e. The average Bonchev–Trinajstić information content (AvgIpc) is 1.78. The van der Waals surface area contributed by atoms with Gasteiger partial charge in [-0.3, -0.25) is 4.57 Å². The van der Waals surface area contributed by atoms with Crippen LogP contribution >= 0.6 is 0 Å². The van der Waals surface area contributed by atoms with Gasteiger partial charge in [-0.15, -0.1) is 0 Å². The number of benzene rings is 12. The maximum absolute atomic E-state index is 5.40. The Morgan fingerprint density at radius 2 is 0.548 bits per heavy atom. The highest BCUT2D eigenvalue weighted by Gasteiger charge is 2.26. The van der Waals surface area contributed by atoms with Crippen molar-refractivity contribution in [3.05, 3.63) is 279 Å². The van der Waals surface area contributed by atoms with E-state index in [1.54, 1.807) is 0 Å². The highest BCUT2D eigenvalue weighted by atomic mass is 15.2. The third kappa shape index (κ3) is 6.67. The summed E-state index contributed by atoms with van der Waals surface area (Å²) in [6.45, 7) is 2.19. The Kier molecular flexibility index (Phi) is 9.85. The molecule has 6 aromatic heterocycles. The Labute approximate surface area is 481 Å². The molecule has 18 rings (SSSR count). The quantitative estimate of drug-likeness (QED) is 0.160. The first-order valence-corrected chi connectivity index (χ1v) is 28.6. The molecule has 84 heavy (non-hydrogen) atoms. The lowest BCUT2D eigenvalue weighted by molar-refractivity contribution is 0.953. The normalized spacial score (nSPS) is 12.1. The molecule has 18 aromatic rings. The summed E-state index contributed by atoms with van der Waals surface area (Å²) in [5, 5.41) is 11.7. The zero-order valence-electron chi connectivity index (χ0n) is 45.6. The first kappa shape index (κ1) is 46.4. The SMILES string of the molecule is Cc1ccc2c(c1)c1ccc3c4ccccc4n(-c4ccc5c(c4)c4cc(-n6c7ccccc7c7ccc8c9ccccc9n(-c9ccccc9)c8c76)ccc4n5-c4nc(-c5ccccc5)nc(-c5ccccc5)n4)c3c1n2-c1ccccc1. The summed E-state index contributed by atoms with van der Waals surface area (Å²) >= 11 is 0. The molecule has 0 atom stereocenters. The Morgan fingerprint density at radius 1 is 0.226 bits per heavy atom. The van der Waals surface area contributed by atoms with Crippen molar-refractivity contribution in [2.75, 3.05) is 0 Å². The minimum atomic E-state index is 0.537. The van der Waals surface area contributed by atoms with Gasteiger partial charge in [0.05, 0.1) is 55.2 Å².